The molecule has 0 aromatic rings. The Bertz CT molecular complexity index is 127. The number of rotatable bonds is 0. The van der Waals surface area contributed by atoms with Crippen molar-refractivity contribution < 1.29 is 17.5 Å². The number of hydrogen-bond donors (Lipinski definition) is 0. The molecule has 0 aromatic carbocycles. The molecule has 0 saturated heterocycles. The molecular weight excluding hydrogens is 251 g/mol. The number of hydrogen-bond acceptors (Lipinski definition) is 4. The van der Waals surface area contributed by atoms with Crippen molar-refractivity contribution in [3.63, 3.8) is 0 Å². The first kappa shape index (κ1) is 12.4. The molecule has 0 heterocycles. The second-order valence-electron chi connectivity index (χ2n) is 2.14. The monoisotopic (exact) mass is 262 g/mol. The van der Waals surface area contributed by atoms with Gasteiger partial charge in [0.15, 0.2) is 0 Å². The first-order chi connectivity index (χ1) is 3.73. The van der Waals surface area contributed by atoms with E-state index in [1.807, 2.05) is 0 Å². The Labute approximate surface area is 62.6 Å². The van der Waals surface area contributed by atoms with Crippen LogP contribution >= 0.6 is 0 Å². The predicted molar refractivity (Wildman–Crippen MR) is 35.2 cm³/mol. The summed E-state index contributed by atoms with van der Waals surface area (Å²) in [7, 11) is -5.17. The summed E-state index contributed by atoms with van der Waals surface area (Å²) in [5.74, 6) is 0. The second kappa shape index (κ2) is 5.45. The van der Waals surface area contributed by atoms with Crippen LogP contribution in [0.15, 0.2) is 0 Å². The fraction of sp³-hybridized carbons (Fsp3) is 1.00. The summed E-state index contributed by atoms with van der Waals surface area (Å²) in [5, 5.41) is 0. The summed E-state index contributed by atoms with van der Waals surface area (Å²) in [6.45, 7) is 0. The maximum atomic E-state index is 8.52. The zero-order chi connectivity index (χ0) is 8.08. The van der Waals surface area contributed by atoms with Gasteiger partial charge in [-0.3, -0.25) is 8.42 Å². The van der Waals surface area contributed by atoms with Gasteiger partial charge in [-0.1, -0.05) is 0 Å². The van der Waals surface area contributed by atoms with Crippen LogP contribution < -0.4 is 0 Å². The molecule has 0 fully saturated rings. The molecule has 0 aliphatic heterocycles. The van der Waals surface area contributed by atoms with Crippen molar-refractivity contribution in [3.8, 4) is 0 Å². The van der Waals surface area contributed by atoms with Crippen molar-refractivity contribution in [3.05, 3.63) is 0 Å². The third-order valence-corrected chi connectivity index (χ3v) is 0. The van der Waals surface area contributed by atoms with Gasteiger partial charge in [0.05, 0.1) is 0 Å². The summed E-state index contributed by atoms with van der Waals surface area (Å²) in [6.07, 6.45) is 0. The van der Waals surface area contributed by atoms with Crippen LogP contribution in [0.5, 0.6) is 0 Å². The van der Waals surface area contributed by atoms with Gasteiger partial charge in [-0.2, -0.15) is 0 Å². The minimum atomic E-state index is -5.17. The Kier molecular flexibility index (Phi) is 7.49. The Morgan fingerprint density at radius 2 is 1.11 bits per heavy atom. The molecule has 0 spiro atoms. The fourth-order valence-electron chi connectivity index (χ4n) is 0. The van der Waals surface area contributed by atoms with Crippen LogP contribution in [-0.4, -0.2) is 37.3 Å². The topological polar surface area (TPSA) is 80.3 Å². The minimum absolute atomic E-state index is 0.637. The van der Waals surface area contributed by atoms with Crippen molar-refractivity contribution in [2.75, 3.05) is 0 Å². The van der Waals surface area contributed by atoms with Crippen molar-refractivity contribution >= 4 is 30.2 Å². The van der Waals surface area contributed by atoms with Crippen LogP contribution in [0, 0.1) is 0 Å². The van der Waals surface area contributed by atoms with E-state index in [9.17, 15) is 0 Å². The zero-order valence-corrected chi connectivity index (χ0v) is 9.73. The molecule has 0 amide bonds. The van der Waals surface area contributed by atoms with Crippen molar-refractivity contribution in [1.82, 2.24) is 0 Å². The fourth-order valence-corrected chi connectivity index (χ4v) is 0. The van der Waals surface area contributed by atoms with E-state index in [1.54, 1.807) is 0 Å². The van der Waals surface area contributed by atoms with E-state index in [4.69, 9.17) is 17.5 Å². The summed E-state index contributed by atoms with van der Waals surface area (Å²) in [5.41, 5.74) is 0. The molecule has 0 bridgehead atoms. The molecule has 9 heavy (non-hydrogen) atoms. The van der Waals surface area contributed by atoms with Crippen molar-refractivity contribution in [2.24, 2.45) is 0 Å². The van der Waals surface area contributed by atoms with Crippen LogP contribution in [0.2, 0.25) is 14.8 Å². The van der Waals surface area contributed by atoms with Gasteiger partial charge in [-0.25, -0.2) is 0 Å². The first-order valence-corrected chi connectivity index (χ1v) is 13.6. The van der Waals surface area contributed by atoms with Crippen LogP contribution in [0.4, 0.5) is 0 Å². The Morgan fingerprint density at radius 1 is 1.11 bits per heavy atom. The van der Waals surface area contributed by atoms with E-state index in [2.05, 4.69) is 14.8 Å². The Hall–Kier alpha value is 0.669. The summed E-state index contributed by atoms with van der Waals surface area (Å²) in [4.78, 5) is 7.13. The van der Waals surface area contributed by atoms with Gasteiger partial charge in [0, 0.05) is 10.4 Å². The second-order valence-corrected chi connectivity index (χ2v) is 12.8. The molecule has 0 radical (unpaired) electrons. The van der Waals surface area contributed by atoms with E-state index < -0.39 is 30.2 Å². The van der Waals surface area contributed by atoms with Gasteiger partial charge in [0.2, 0.25) is 0 Å². The van der Waals surface area contributed by atoms with E-state index in [0.29, 0.717) is 0 Å². The van der Waals surface area contributed by atoms with Crippen molar-refractivity contribution in [2.45, 2.75) is 14.8 Å². The molecule has 0 aromatic heterocycles. The van der Waals surface area contributed by atoms with E-state index >= 15 is 0 Å². The molecule has 0 N–H and O–H groups in total. The van der Waals surface area contributed by atoms with Crippen LogP contribution in [0.25, 0.3) is 0 Å². The van der Waals surface area contributed by atoms with Gasteiger partial charge >= 0.3 is 34.6 Å². The van der Waals surface area contributed by atoms with E-state index in [-0.39, 0.29) is 0 Å². The van der Waals surface area contributed by atoms with Crippen LogP contribution in [0.3, 0.4) is 0 Å². The van der Waals surface area contributed by atoms with Gasteiger partial charge in [0.1, 0.15) is 0 Å². The Balaban J connectivity index is 0. The predicted octanol–water partition coefficient (Wildman–Crippen LogP) is -0.235. The SMILES string of the molecule is O=S(=O)([O-])[O-].[CH3][SnH]([CH3])[CH3]. The molecule has 6 heteroatoms. The molecule has 4 nitrogen and oxygen atoms in total. The quantitative estimate of drug-likeness (QED) is 0.342. The van der Waals surface area contributed by atoms with Crippen LogP contribution in [-0.2, 0) is 10.4 Å². The maximum absolute atomic E-state index is 8.52. The van der Waals surface area contributed by atoms with Gasteiger partial charge < -0.3 is 9.11 Å². The van der Waals surface area contributed by atoms with Gasteiger partial charge in [-0.05, 0) is 0 Å². The van der Waals surface area contributed by atoms with E-state index in [1.165, 1.54) is 0 Å². The molecule has 0 aliphatic rings. The molecule has 0 saturated carbocycles. The average molecular weight is 261 g/mol. The van der Waals surface area contributed by atoms with Gasteiger partial charge in [-0.15, -0.1) is 0 Å². The molecule has 0 rings (SSSR count). The molecule has 0 aliphatic carbocycles. The summed E-state index contributed by atoms with van der Waals surface area (Å²) < 4.78 is 34.1. The van der Waals surface area contributed by atoms with Crippen molar-refractivity contribution in [1.29, 1.82) is 0 Å². The third-order valence-electron chi connectivity index (χ3n) is 0. The van der Waals surface area contributed by atoms with Crippen LogP contribution in [0.1, 0.15) is 0 Å². The summed E-state index contributed by atoms with van der Waals surface area (Å²) >= 11 is -0.637. The Morgan fingerprint density at radius 3 is 1.11 bits per heavy atom. The molecule has 58 valence electrons. The van der Waals surface area contributed by atoms with Gasteiger partial charge in [0.25, 0.3) is 0 Å². The molecular formula is C3H10O4SSn-2. The summed E-state index contributed by atoms with van der Waals surface area (Å²) in [6, 6.07) is 0. The normalized spacial score (nSPS) is 10.4. The zero-order valence-electron chi connectivity index (χ0n) is 5.62. The van der Waals surface area contributed by atoms with E-state index in [0.717, 1.165) is 0 Å². The average Bonchev–Trinajstić information content (AvgIpc) is 1.19. The molecule has 0 unspecified atom stereocenters. The third kappa shape index (κ3) is 862. The first-order valence-electron chi connectivity index (χ1n) is 2.40. The molecule has 0 atom stereocenters. The standard InChI is InChI=1S/3CH3.H2O4S.Sn.H/c;;;1-5(2,3)4;;/h3*1H3;(H2,1,2,3,4);;/p-2.